The molecule has 1 aromatic carbocycles. The molecule has 0 N–H and O–H groups in total. The standard InChI is InChI=1S/C13H15NO/c1-2-15-14-10-6-9-13(11-14)12-7-4-3-5-8-12/h3-10H,2,11H2,1H3. The van der Waals surface area contributed by atoms with Crippen LogP contribution in [0.15, 0.2) is 48.7 Å². The van der Waals surface area contributed by atoms with Crippen molar-refractivity contribution in [1.82, 2.24) is 5.06 Å². The number of benzene rings is 1. The Morgan fingerprint density at radius 2 is 2.07 bits per heavy atom. The molecule has 2 rings (SSSR count). The van der Waals surface area contributed by atoms with E-state index in [-0.39, 0.29) is 0 Å². The minimum Gasteiger partial charge on any atom is -0.274 e. The first-order valence-electron chi connectivity index (χ1n) is 5.22. The van der Waals surface area contributed by atoms with Crippen molar-refractivity contribution in [2.45, 2.75) is 6.92 Å². The summed E-state index contributed by atoms with van der Waals surface area (Å²) in [5.41, 5.74) is 2.54. The van der Waals surface area contributed by atoms with Crippen LogP contribution in [0.3, 0.4) is 0 Å². The molecule has 2 heteroatoms. The molecule has 0 bridgehead atoms. The lowest BCUT2D eigenvalue weighted by molar-refractivity contribution is -0.105. The van der Waals surface area contributed by atoms with Gasteiger partial charge < -0.3 is 0 Å². The molecule has 1 aliphatic rings. The quantitative estimate of drug-likeness (QED) is 0.745. The Balaban J connectivity index is 2.12. The summed E-state index contributed by atoms with van der Waals surface area (Å²) in [6.07, 6.45) is 6.10. The topological polar surface area (TPSA) is 12.5 Å². The van der Waals surface area contributed by atoms with Crippen molar-refractivity contribution < 1.29 is 4.84 Å². The summed E-state index contributed by atoms with van der Waals surface area (Å²) in [6, 6.07) is 10.4. The van der Waals surface area contributed by atoms with E-state index in [9.17, 15) is 0 Å². The molecule has 0 spiro atoms. The molecular formula is C13H15NO. The molecule has 78 valence electrons. The van der Waals surface area contributed by atoms with E-state index in [2.05, 4.69) is 30.3 Å². The normalized spacial score (nSPS) is 15.3. The van der Waals surface area contributed by atoms with Gasteiger partial charge >= 0.3 is 0 Å². The molecule has 0 atom stereocenters. The molecule has 15 heavy (non-hydrogen) atoms. The van der Waals surface area contributed by atoms with Crippen LogP contribution in [0.5, 0.6) is 0 Å². The zero-order valence-electron chi connectivity index (χ0n) is 8.89. The van der Waals surface area contributed by atoms with Crippen LogP contribution < -0.4 is 0 Å². The van der Waals surface area contributed by atoms with Crippen LogP contribution in [-0.4, -0.2) is 18.2 Å². The maximum absolute atomic E-state index is 5.44. The van der Waals surface area contributed by atoms with Gasteiger partial charge in [0.05, 0.1) is 13.2 Å². The molecule has 0 aromatic heterocycles. The van der Waals surface area contributed by atoms with Gasteiger partial charge in [-0.3, -0.25) is 9.90 Å². The van der Waals surface area contributed by atoms with Gasteiger partial charge in [0.25, 0.3) is 0 Å². The smallest absolute Gasteiger partial charge is 0.0720 e. The van der Waals surface area contributed by atoms with Crippen LogP contribution in [-0.2, 0) is 4.84 Å². The second-order valence-corrected chi connectivity index (χ2v) is 3.39. The average molecular weight is 201 g/mol. The lowest BCUT2D eigenvalue weighted by atomic mass is 10.0. The molecular weight excluding hydrogens is 186 g/mol. The maximum atomic E-state index is 5.44. The van der Waals surface area contributed by atoms with Crippen molar-refractivity contribution in [1.29, 1.82) is 0 Å². The summed E-state index contributed by atoms with van der Waals surface area (Å²) in [4.78, 5) is 5.44. The summed E-state index contributed by atoms with van der Waals surface area (Å²) < 4.78 is 0. The monoisotopic (exact) mass is 201 g/mol. The Labute approximate surface area is 90.4 Å². The van der Waals surface area contributed by atoms with E-state index < -0.39 is 0 Å². The van der Waals surface area contributed by atoms with Gasteiger partial charge in [0.1, 0.15) is 0 Å². The number of rotatable bonds is 3. The molecule has 2 nitrogen and oxygen atoms in total. The molecule has 0 radical (unpaired) electrons. The lowest BCUT2D eigenvalue weighted by Gasteiger charge is -2.23. The number of nitrogens with zero attached hydrogens (tertiary/aromatic N) is 1. The number of hydrogen-bond acceptors (Lipinski definition) is 2. The van der Waals surface area contributed by atoms with Crippen LogP contribution in [0.1, 0.15) is 12.5 Å². The molecule has 0 saturated heterocycles. The summed E-state index contributed by atoms with van der Waals surface area (Å²) >= 11 is 0. The van der Waals surface area contributed by atoms with Crippen LogP contribution in [0.25, 0.3) is 5.57 Å². The van der Waals surface area contributed by atoms with Crippen molar-refractivity contribution in [3.8, 4) is 0 Å². The Morgan fingerprint density at radius 1 is 1.27 bits per heavy atom. The van der Waals surface area contributed by atoms with Gasteiger partial charge in [-0.1, -0.05) is 36.4 Å². The van der Waals surface area contributed by atoms with E-state index in [4.69, 9.17) is 4.84 Å². The number of hydroxylamine groups is 2. The largest absolute Gasteiger partial charge is 0.274 e. The summed E-state index contributed by atoms with van der Waals surface area (Å²) in [6.45, 7) is 3.51. The molecule has 0 unspecified atom stereocenters. The number of allylic oxidation sites excluding steroid dienone is 2. The molecule has 1 aliphatic heterocycles. The Morgan fingerprint density at radius 3 is 2.80 bits per heavy atom. The lowest BCUT2D eigenvalue weighted by Crippen LogP contribution is -2.21. The highest BCUT2D eigenvalue weighted by atomic mass is 16.7. The van der Waals surface area contributed by atoms with E-state index in [0.29, 0.717) is 6.61 Å². The first kappa shape index (κ1) is 9.99. The van der Waals surface area contributed by atoms with E-state index in [1.165, 1.54) is 11.1 Å². The van der Waals surface area contributed by atoms with Crippen LogP contribution >= 0.6 is 0 Å². The van der Waals surface area contributed by atoms with Crippen LogP contribution in [0.2, 0.25) is 0 Å². The van der Waals surface area contributed by atoms with Gasteiger partial charge in [0.15, 0.2) is 0 Å². The van der Waals surface area contributed by atoms with Crippen LogP contribution in [0.4, 0.5) is 0 Å². The van der Waals surface area contributed by atoms with Crippen molar-refractivity contribution >= 4 is 5.57 Å². The van der Waals surface area contributed by atoms with Crippen molar-refractivity contribution in [2.75, 3.05) is 13.2 Å². The van der Waals surface area contributed by atoms with Crippen molar-refractivity contribution in [3.05, 3.63) is 54.2 Å². The van der Waals surface area contributed by atoms with E-state index >= 15 is 0 Å². The van der Waals surface area contributed by atoms with Gasteiger partial charge in [-0.25, -0.2) is 0 Å². The minimum atomic E-state index is 0.701. The Hall–Kier alpha value is -1.54. The summed E-state index contributed by atoms with van der Waals surface area (Å²) in [7, 11) is 0. The number of hydrogen-bond donors (Lipinski definition) is 0. The molecule has 0 saturated carbocycles. The zero-order valence-corrected chi connectivity index (χ0v) is 8.89. The highest BCUT2D eigenvalue weighted by molar-refractivity contribution is 5.69. The highest BCUT2D eigenvalue weighted by Gasteiger charge is 2.08. The molecule has 1 heterocycles. The van der Waals surface area contributed by atoms with E-state index in [0.717, 1.165) is 6.54 Å². The highest BCUT2D eigenvalue weighted by Crippen LogP contribution is 2.19. The van der Waals surface area contributed by atoms with Gasteiger partial charge in [-0.15, -0.1) is 0 Å². The first-order valence-corrected chi connectivity index (χ1v) is 5.22. The Bertz CT molecular complexity index is 367. The van der Waals surface area contributed by atoms with Gasteiger partial charge in [0, 0.05) is 6.20 Å². The molecule has 1 aromatic rings. The van der Waals surface area contributed by atoms with Gasteiger partial charge in [-0.05, 0) is 24.1 Å². The second-order valence-electron chi connectivity index (χ2n) is 3.39. The maximum Gasteiger partial charge on any atom is 0.0720 e. The molecule has 0 fully saturated rings. The van der Waals surface area contributed by atoms with Gasteiger partial charge in [-0.2, -0.15) is 0 Å². The predicted octanol–water partition coefficient (Wildman–Crippen LogP) is 2.85. The third kappa shape index (κ3) is 2.48. The molecule has 0 aliphatic carbocycles. The van der Waals surface area contributed by atoms with Crippen LogP contribution in [0, 0.1) is 0 Å². The SMILES string of the molecule is CCON1C=CC=C(c2ccccc2)C1. The summed E-state index contributed by atoms with van der Waals surface area (Å²) in [5, 5.41) is 1.86. The summed E-state index contributed by atoms with van der Waals surface area (Å²) in [5.74, 6) is 0. The fourth-order valence-corrected chi connectivity index (χ4v) is 1.62. The third-order valence-corrected chi connectivity index (χ3v) is 2.32. The minimum absolute atomic E-state index is 0.701. The van der Waals surface area contributed by atoms with Crippen molar-refractivity contribution in [2.24, 2.45) is 0 Å². The van der Waals surface area contributed by atoms with Crippen molar-refractivity contribution in [3.63, 3.8) is 0 Å². The fraction of sp³-hybridized carbons (Fsp3) is 0.231. The third-order valence-electron chi connectivity index (χ3n) is 2.32. The second kappa shape index (κ2) is 4.80. The molecule has 0 amide bonds. The van der Waals surface area contributed by atoms with E-state index in [1.54, 1.807) is 0 Å². The fourth-order valence-electron chi connectivity index (χ4n) is 1.62. The van der Waals surface area contributed by atoms with E-state index in [1.807, 2.05) is 30.3 Å². The Kier molecular flexibility index (Phi) is 3.20. The first-order chi connectivity index (χ1) is 7.40. The van der Waals surface area contributed by atoms with Gasteiger partial charge in [0.2, 0.25) is 0 Å². The average Bonchev–Trinajstić information content (AvgIpc) is 2.31. The predicted molar refractivity (Wildman–Crippen MR) is 61.9 cm³/mol. The zero-order chi connectivity index (χ0) is 10.5.